The fraction of sp³-hybridized carbons (Fsp3) is 0.211. The van der Waals surface area contributed by atoms with Gasteiger partial charge in [0.1, 0.15) is 6.04 Å². The van der Waals surface area contributed by atoms with Crippen molar-refractivity contribution in [2.45, 2.75) is 12.5 Å². The molecule has 0 bridgehead atoms. The molecule has 6 nitrogen and oxygen atoms in total. The predicted octanol–water partition coefficient (Wildman–Crippen LogP) is 3.89. The lowest BCUT2D eigenvalue weighted by Gasteiger charge is -2.16. The Kier molecular flexibility index (Phi) is 6.67. The molecule has 0 saturated carbocycles. The average molecular weight is 402 g/mol. The Morgan fingerprint density at radius 2 is 2.04 bits per heavy atom. The zero-order valence-corrected chi connectivity index (χ0v) is 16.3. The molecule has 0 spiro atoms. The number of anilines is 1. The van der Waals surface area contributed by atoms with E-state index in [0.29, 0.717) is 11.6 Å². The van der Waals surface area contributed by atoms with Crippen LogP contribution in [0.5, 0.6) is 0 Å². The third-order valence-electron chi connectivity index (χ3n) is 3.78. The van der Waals surface area contributed by atoms with Gasteiger partial charge in [0.25, 0.3) is 5.91 Å². The van der Waals surface area contributed by atoms with Crippen LogP contribution in [0.15, 0.2) is 58.5 Å². The van der Waals surface area contributed by atoms with E-state index in [4.69, 9.17) is 4.42 Å². The van der Waals surface area contributed by atoms with Crippen LogP contribution in [0.3, 0.4) is 0 Å². The number of carbonyl (C=O) groups is 2. The van der Waals surface area contributed by atoms with E-state index < -0.39 is 11.9 Å². The number of furan rings is 1. The first-order chi connectivity index (χ1) is 13.2. The van der Waals surface area contributed by atoms with E-state index in [9.17, 15) is 9.59 Å². The van der Waals surface area contributed by atoms with Crippen molar-refractivity contribution in [1.82, 2.24) is 10.3 Å². The first-order valence-electron chi connectivity index (χ1n) is 8.32. The normalized spacial score (nSPS) is 11.7. The van der Waals surface area contributed by atoms with Crippen molar-refractivity contribution >= 4 is 40.0 Å². The van der Waals surface area contributed by atoms with E-state index in [1.807, 2.05) is 42.0 Å². The molecule has 1 atom stereocenters. The quantitative estimate of drug-likeness (QED) is 0.598. The Hall–Kier alpha value is -2.58. The summed E-state index contributed by atoms with van der Waals surface area (Å²) in [7, 11) is 0. The number of aromatic nitrogens is 1. The van der Waals surface area contributed by atoms with Gasteiger partial charge in [0.05, 0.1) is 12.0 Å². The van der Waals surface area contributed by atoms with Crippen LogP contribution in [0, 0.1) is 0 Å². The number of thioether (sulfide) groups is 1. The molecule has 1 unspecified atom stereocenters. The Balaban J connectivity index is 1.67. The summed E-state index contributed by atoms with van der Waals surface area (Å²) in [6, 6.07) is 12.3. The second kappa shape index (κ2) is 9.38. The molecule has 27 heavy (non-hydrogen) atoms. The lowest BCUT2D eigenvalue weighted by atomic mass is 10.2. The molecule has 3 aromatic rings. The van der Waals surface area contributed by atoms with E-state index in [2.05, 4.69) is 15.6 Å². The zero-order chi connectivity index (χ0) is 19.1. The molecule has 1 aromatic carbocycles. The van der Waals surface area contributed by atoms with Gasteiger partial charge in [-0.25, -0.2) is 4.98 Å². The number of carbonyl (C=O) groups excluding carboxylic acids is 2. The van der Waals surface area contributed by atoms with Crippen molar-refractivity contribution in [1.29, 1.82) is 0 Å². The van der Waals surface area contributed by atoms with E-state index in [-0.39, 0.29) is 11.7 Å². The van der Waals surface area contributed by atoms with Gasteiger partial charge in [0.15, 0.2) is 10.9 Å². The van der Waals surface area contributed by atoms with Crippen LogP contribution in [0.25, 0.3) is 11.3 Å². The van der Waals surface area contributed by atoms with Crippen LogP contribution in [0.4, 0.5) is 5.13 Å². The highest BCUT2D eigenvalue weighted by Crippen LogP contribution is 2.24. The van der Waals surface area contributed by atoms with Crippen molar-refractivity contribution in [3.63, 3.8) is 0 Å². The molecule has 0 aliphatic heterocycles. The van der Waals surface area contributed by atoms with Crippen LogP contribution < -0.4 is 10.6 Å². The molecule has 0 radical (unpaired) electrons. The first kappa shape index (κ1) is 19.2. The van der Waals surface area contributed by atoms with Crippen molar-refractivity contribution < 1.29 is 14.0 Å². The minimum atomic E-state index is -0.667. The van der Waals surface area contributed by atoms with E-state index in [1.165, 1.54) is 17.6 Å². The molecule has 3 rings (SSSR count). The summed E-state index contributed by atoms with van der Waals surface area (Å²) >= 11 is 2.96. The molecule has 0 aliphatic rings. The highest BCUT2D eigenvalue weighted by atomic mass is 32.2. The smallest absolute Gasteiger partial charge is 0.287 e. The van der Waals surface area contributed by atoms with Crippen molar-refractivity contribution in [3.8, 4) is 11.3 Å². The van der Waals surface area contributed by atoms with E-state index in [0.717, 1.165) is 17.0 Å². The monoisotopic (exact) mass is 401 g/mol. The summed E-state index contributed by atoms with van der Waals surface area (Å²) in [6.45, 7) is 0. The van der Waals surface area contributed by atoms with Crippen LogP contribution in [-0.4, -0.2) is 34.8 Å². The second-order valence-electron chi connectivity index (χ2n) is 5.68. The Labute approximate surface area is 165 Å². The molecule has 2 heterocycles. The molecule has 2 aromatic heterocycles. The number of thiazole rings is 1. The van der Waals surface area contributed by atoms with Crippen LogP contribution in [0.1, 0.15) is 17.0 Å². The molecule has 140 valence electrons. The minimum absolute atomic E-state index is 0.178. The van der Waals surface area contributed by atoms with Crippen molar-refractivity contribution in [3.05, 3.63) is 59.9 Å². The Morgan fingerprint density at radius 3 is 2.74 bits per heavy atom. The number of rotatable bonds is 8. The summed E-state index contributed by atoms with van der Waals surface area (Å²) in [6.07, 6.45) is 3.89. The van der Waals surface area contributed by atoms with Gasteiger partial charge in [-0.3, -0.25) is 9.59 Å². The number of nitrogens with zero attached hydrogens (tertiary/aromatic N) is 1. The molecule has 8 heteroatoms. The maximum absolute atomic E-state index is 12.7. The average Bonchev–Trinajstić information content (AvgIpc) is 3.37. The van der Waals surface area contributed by atoms with E-state index >= 15 is 0 Å². The standard InChI is InChI=1S/C19H19N3O3S2/c1-26-11-9-14(20-18(24)16-8-5-10-25-16)17(23)22-19-21-15(12-27-19)13-6-3-2-4-7-13/h2-8,10,12,14H,9,11H2,1H3,(H,20,24)(H,21,22,23). The van der Waals surface area contributed by atoms with Gasteiger partial charge >= 0.3 is 0 Å². The number of nitrogens with one attached hydrogen (secondary N) is 2. The summed E-state index contributed by atoms with van der Waals surface area (Å²) in [4.78, 5) is 29.4. The first-order valence-corrected chi connectivity index (χ1v) is 10.6. The Morgan fingerprint density at radius 1 is 1.22 bits per heavy atom. The van der Waals surface area contributed by atoms with Gasteiger partial charge in [0, 0.05) is 10.9 Å². The summed E-state index contributed by atoms with van der Waals surface area (Å²) in [5.41, 5.74) is 1.79. The molecule has 2 N–H and O–H groups in total. The molecule has 0 saturated heterocycles. The third kappa shape index (κ3) is 5.21. The predicted molar refractivity (Wildman–Crippen MR) is 109 cm³/mol. The van der Waals surface area contributed by atoms with Gasteiger partial charge in [-0.1, -0.05) is 30.3 Å². The fourth-order valence-electron chi connectivity index (χ4n) is 2.41. The zero-order valence-electron chi connectivity index (χ0n) is 14.7. The molecular formula is C19H19N3O3S2. The van der Waals surface area contributed by atoms with Gasteiger partial charge in [0.2, 0.25) is 5.91 Å². The summed E-state index contributed by atoms with van der Waals surface area (Å²) < 4.78 is 5.09. The topological polar surface area (TPSA) is 84.2 Å². The summed E-state index contributed by atoms with van der Waals surface area (Å²) in [5.74, 6) is 0.213. The van der Waals surface area contributed by atoms with Crippen LogP contribution in [0.2, 0.25) is 0 Å². The molecular weight excluding hydrogens is 382 g/mol. The van der Waals surface area contributed by atoms with Gasteiger partial charge in [-0.05, 0) is 30.6 Å². The van der Waals surface area contributed by atoms with Gasteiger partial charge in [-0.15, -0.1) is 11.3 Å². The van der Waals surface area contributed by atoms with E-state index in [1.54, 1.807) is 23.9 Å². The molecule has 0 fully saturated rings. The minimum Gasteiger partial charge on any atom is -0.459 e. The Bertz CT molecular complexity index is 879. The van der Waals surface area contributed by atoms with Crippen LogP contribution >= 0.6 is 23.1 Å². The number of benzene rings is 1. The third-order valence-corrected chi connectivity index (χ3v) is 5.18. The maximum atomic E-state index is 12.7. The van der Waals surface area contributed by atoms with Crippen molar-refractivity contribution in [2.75, 3.05) is 17.3 Å². The van der Waals surface area contributed by atoms with Gasteiger partial charge in [-0.2, -0.15) is 11.8 Å². The summed E-state index contributed by atoms with van der Waals surface area (Å²) in [5, 5.41) is 7.93. The number of hydrogen-bond donors (Lipinski definition) is 2. The lowest BCUT2D eigenvalue weighted by molar-refractivity contribution is -0.118. The largest absolute Gasteiger partial charge is 0.459 e. The maximum Gasteiger partial charge on any atom is 0.287 e. The lowest BCUT2D eigenvalue weighted by Crippen LogP contribution is -2.44. The van der Waals surface area contributed by atoms with Gasteiger partial charge < -0.3 is 15.1 Å². The highest BCUT2D eigenvalue weighted by molar-refractivity contribution is 7.98. The van der Waals surface area contributed by atoms with Crippen LogP contribution in [-0.2, 0) is 4.79 Å². The molecule has 0 aliphatic carbocycles. The highest BCUT2D eigenvalue weighted by Gasteiger charge is 2.23. The number of amides is 2. The van der Waals surface area contributed by atoms with Crippen molar-refractivity contribution in [2.24, 2.45) is 0 Å². The second-order valence-corrected chi connectivity index (χ2v) is 7.52. The fourth-order valence-corrected chi connectivity index (χ4v) is 3.60. The SMILES string of the molecule is CSCCC(NC(=O)c1ccco1)C(=O)Nc1nc(-c2ccccc2)cs1. The molecule has 2 amide bonds. The number of hydrogen-bond acceptors (Lipinski definition) is 6.